The van der Waals surface area contributed by atoms with E-state index in [0.29, 0.717) is 28.2 Å². The molecule has 0 heterocycles. The summed E-state index contributed by atoms with van der Waals surface area (Å²) >= 11 is 6.62. The average molecular weight is 396 g/mol. The zero-order chi connectivity index (χ0) is 18.9. The van der Waals surface area contributed by atoms with Crippen LogP contribution in [-0.4, -0.2) is 35.7 Å². The molecule has 6 nitrogen and oxygen atoms in total. The van der Waals surface area contributed by atoms with Gasteiger partial charge >= 0.3 is 0 Å². The van der Waals surface area contributed by atoms with E-state index in [-0.39, 0.29) is 17.4 Å². The summed E-state index contributed by atoms with van der Waals surface area (Å²) in [6.45, 7) is 1.53. The minimum Gasteiger partial charge on any atom is -0.496 e. The number of benzene rings is 1. The van der Waals surface area contributed by atoms with E-state index in [1.807, 2.05) is 6.07 Å². The molecule has 0 unspecified atom stereocenters. The number of carbonyl (C=O) groups is 2. The zero-order valence-corrected chi connectivity index (χ0v) is 16.7. The van der Waals surface area contributed by atoms with Crippen molar-refractivity contribution >= 4 is 40.8 Å². The molecule has 1 aromatic rings. The van der Waals surface area contributed by atoms with Gasteiger partial charge in [0.1, 0.15) is 5.75 Å². The van der Waals surface area contributed by atoms with Crippen molar-refractivity contribution < 1.29 is 14.3 Å². The zero-order valence-electron chi connectivity index (χ0n) is 15.1. The summed E-state index contributed by atoms with van der Waals surface area (Å²) in [6, 6.07) is 5.73. The van der Waals surface area contributed by atoms with E-state index in [4.69, 9.17) is 17.0 Å². The number of ketones is 1. The summed E-state index contributed by atoms with van der Waals surface area (Å²) in [7, 11) is 1.59. The summed E-state index contributed by atoms with van der Waals surface area (Å²) in [5.74, 6) is 1.40. The fourth-order valence-electron chi connectivity index (χ4n) is 2.82. The van der Waals surface area contributed by atoms with Gasteiger partial charge in [-0.05, 0) is 50.2 Å². The first-order valence-corrected chi connectivity index (χ1v) is 10.2. The number of hydrazine groups is 1. The van der Waals surface area contributed by atoms with Gasteiger partial charge in [0.2, 0.25) is 5.91 Å². The van der Waals surface area contributed by atoms with Gasteiger partial charge in [-0.2, -0.15) is 0 Å². The van der Waals surface area contributed by atoms with Gasteiger partial charge in [0.25, 0.3) is 0 Å². The Labute approximate surface area is 163 Å². The van der Waals surface area contributed by atoms with Crippen LogP contribution in [0.5, 0.6) is 5.75 Å². The summed E-state index contributed by atoms with van der Waals surface area (Å²) in [6.07, 6.45) is 4.68. The summed E-state index contributed by atoms with van der Waals surface area (Å²) < 4.78 is 5.32. The highest BCUT2D eigenvalue weighted by Crippen LogP contribution is 2.24. The summed E-state index contributed by atoms with van der Waals surface area (Å²) in [5.41, 5.74) is 6.87. The molecule has 0 aromatic heterocycles. The lowest BCUT2D eigenvalue weighted by Gasteiger charge is -2.16. The number of thioether (sulfide) groups is 1. The van der Waals surface area contributed by atoms with Gasteiger partial charge in [0, 0.05) is 22.9 Å². The van der Waals surface area contributed by atoms with Gasteiger partial charge in [-0.25, -0.2) is 0 Å². The van der Waals surface area contributed by atoms with Crippen LogP contribution in [0.1, 0.15) is 48.5 Å². The van der Waals surface area contributed by atoms with Gasteiger partial charge in [0.15, 0.2) is 10.9 Å². The molecule has 1 fully saturated rings. The lowest BCUT2D eigenvalue weighted by Crippen LogP contribution is -2.49. The number of ether oxygens (including phenoxy) is 1. The summed E-state index contributed by atoms with van der Waals surface area (Å²) in [5, 5.41) is 3.65. The van der Waals surface area contributed by atoms with Gasteiger partial charge < -0.3 is 10.1 Å². The lowest BCUT2D eigenvalue weighted by molar-refractivity contribution is -0.119. The van der Waals surface area contributed by atoms with E-state index in [2.05, 4.69) is 16.2 Å². The van der Waals surface area contributed by atoms with Crippen molar-refractivity contribution in [3.8, 4) is 5.75 Å². The molecular formula is C18H25N3O3S2. The Morgan fingerprint density at radius 3 is 2.65 bits per heavy atom. The molecular weight excluding hydrogens is 370 g/mol. The highest BCUT2D eigenvalue weighted by molar-refractivity contribution is 7.99. The van der Waals surface area contributed by atoms with Crippen molar-refractivity contribution in [1.29, 1.82) is 0 Å². The number of hydrogen-bond acceptors (Lipinski definition) is 5. The molecule has 0 saturated heterocycles. The van der Waals surface area contributed by atoms with Crippen molar-refractivity contribution in [2.75, 3.05) is 12.9 Å². The van der Waals surface area contributed by atoms with E-state index in [1.54, 1.807) is 19.2 Å². The van der Waals surface area contributed by atoms with Crippen LogP contribution in [0.4, 0.5) is 0 Å². The monoisotopic (exact) mass is 395 g/mol. The number of rotatable bonds is 7. The van der Waals surface area contributed by atoms with Crippen LogP contribution >= 0.6 is 24.0 Å². The van der Waals surface area contributed by atoms with Crippen LogP contribution in [-0.2, 0) is 10.5 Å². The molecule has 0 atom stereocenters. The Balaban J connectivity index is 1.73. The van der Waals surface area contributed by atoms with Crippen molar-refractivity contribution in [1.82, 2.24) is 16.2 Å². The molecule has 3 N–H and O–H groups in total. The molecule has 1 amide bonds. The Hall–Kier alpha value is -1.80. The first kappa shape index (κ1) is 20.5. The van der Waals surface area contributed by atoms with Crippen molar-refractivity contribution in [2.45, 2.75) is 44.4 Å². The van der Waals surface area contributed by atoms with E-state index in [1.165, 1.54) is 31.5 Å². The van der Waals surface area contributed by atoms with Crippen LogP contribution in [0.25, 0.3) is 0 Å². The molecule has 0 aliphatic heterocycles. The molecule has 0 bridgehead atoms. The van der Waals surface area contributed by atoms with Crippen LogP contribution in [0.15, 0.2) is 18.2 Å². The van der Waals surface area contributed by atoms with Crippen LogP contribution in [0.2, 0.25) is 0 Å². The number of methoxy groups -OCH3 is 1. The van der Waals surface area contributed by atoms with Crippen LogP contribution in [0, 0.1) is 0 Å². The minimum atomic E-state index is -0.160. The maximum atomic E-state index is 11.9. The molecule has 0 spiro atoms. The fraction of sp³-hybridized carbons (Fsp3) is 0.500. The largest absolute Gasteiger partial charge is 0.496 e. The minimum absolute atomic E-state index is 0.00382. The number of hydrogen-bond donors (Lipinski definition) is 3. The maximum absolute atomic E-state index is 11.9. The molecule has 26 heavy (non-hydrogen) atoms. The molecule has 0 radical (unpaired) electrons. The molecule has 1 aliphatic carbocycles. The second-order valence-electron chi connectivity index (χ2n) is 6.20. The van der Waals surface area contributed by atoms with Crippen molar-refractivity contribution in [3.05, 3.63) is 29.3 Å². The molecule has 1 aliphatic rings. The van der Waals surface area contributed by atoms with Gasteiger partial charge in [-0.15, -0.1) is 11.8 Å². The number of carbonyl (C=O) groups excluding carboxylic acids is 2. The van der Waals surface area contributed by atoms with E-state index >= 15 is 0 Å². The highest BCUT2D eigenvalue weighted by Gasteiger charge is 2.15. The van der Waals surface area contributed by atoms with Crippen LogP contribution < -0.4 is 20.9 Å². The van der Waals surface area contributed by atoms with Gasteiger partial charge in [-0.3, -0.25) is 20.4 Å². The van der Waals surface area contributed by atoms with Gasteiger partial charge in [0.05, 0.1) is 12.9 Å². The first-order chi connectivity index (χ1) is 12.5. The predicted octanol–water partition coefficient (Wildman–Crippen LogP) is 2.57. The van der Waals surface area contributed by atoms with Crippen LogP contribution in [0.3, 0.4) is 0 Å². The summed E-state index contributed by atoms with van der Waals surface area (Å²) in [4.78, 5) is 23.5. The Kier molecular flexibility index (Phi) is 8.18. The molecule has 2 rings (SSSR count). The SMILES string of the molecule is COc1ccc(C(C)=O)cc1CSCC(=O)NNC(=S)NC1CCCC1. The third-order valence-corrected chi connectivity index (χ3v) is 5.38. The van der Waals surface area contributed by atoms with E-state index in [9.17, 15) is 9.59 Å². The quantitative estimate of drug-likeness (QED) is 0.372. The lowest BCUT2D eigenvalue weighted by atomic mass is 10.1. The molecule has 142 valence electrons. The molecule has 8 heteroatoms. The normalized spacial score (nSPS) is 13.9. The second-order valence-corrected chi connectivity index (χ2v) is 7.60. The van der Waals surface area contributed by atoms with Crippen molar-refractivity contribution in [3.63, 3.8) is 0 Å². The third-order valence-electron chi connectivity index (χ3n) is 4.18. The standard InChI is InChI=1S/C18H25N3O3S2/c1-12(22)13-7-8-16(24-2)14(9-13)10-26-11-17(23)20-21-18(25)19-15-5-3-4-6-15/h7-9,15H,3-6,10-11H2,1-2H3,(H,20,23)(H2,19,21,25). The predicted molar refractivity (Wildman–Crippen MR) is 108 cm³/mol. The average Bonchev–Trinajstić information content (AvgIpc) is 3.12. The number of Topliss-reactive ketones (excluding diaryl/α,β-unsaturated/α-hetero) is 1. The first-order valence-electron chi connectivity index (χ1n) is 8.60. The number of amides is 1. The Bertz CT molecular complexity index is 661. The smallest absolute Gasteiger partial charge is 0.248 e. The highest BCUT2D eigenvalue weighted by atomic mass is 32.2. The van der Waals surface area contributed by atoms with E-state index in [0.717, 1.165) is 18.4 Å². The van der Waals surface area contributed by atoms with E-state index < -0.39 is 0 Å². The third kappa shape index (κ3) is 6.49. The Morgan fingerprint density at radius 1 is 1.27 bits per heavy atom. The molecule has 1 aromatic carbocycles. The van der Waals surface area contributed by atoms with Gasteiger partial charge in [-0.1, -0.05) is 12.8 Å². The number of nitrogens with one attached hydrogen (secondary N) is 3. The fourth-order valence-corrected chi connectivity index (χ4v) is 3.84. The second kappa shape index (κ2) is 10.4. The van der Waals surface area contributed by atoms with Crippen molar-refractivity contribution in [2.24, 2.45) is 0 Å². The topological polar surface area (TPSA) is 79.5 Å². The Morgan fingerprint density at radius 2 is 2.00 bits per heavy atom. The number of thiocarbonyl (C=S) groups is 1. The molecule has 1 saturated carbocycles. The maximum Gasteiger partial charge on any atom is 0.248 e.